The molecule has 0 spiro atoms. The number of amides is 2. The van der Waals surface area contributed by atoms with Crippen molar-refractivity contribution in [1.82, 2.24) is 5.32 Å². The lowest BCUT2D eigenvalue weighted by Gasteiger charge is -2.37. The quantitative estimate of drug-likeness (QED) is 0.779. The number of aryl methyl sites for hydroxylation is 1. The number of hydrogen-bond acceptors (Lipinski definition) is 3. The fourth-order valence-electron chi connectivity index (χ4n) is 2.36. The third-order valence-electron chi connectivity index (χ3n) is 3.86. The Morgan fingerprint density at radius 2 is 2.05 bits per heavy atom. The van der Waals surface area contributed by atoms with Crippen LogP contribution in [-0.4, -0.2) is 24.4 Å². The van der Waals surface area contributed by atoms with Gasteiger partial charge in [-0.3, -0.25) is 9.59 Å². The molecule has 0 aliphatic heterocycles. The maximum Gasteiger partial charge on any atom is 0.251 e. The van der Waals surface area contributed by atoms with Crippen molar-refractivity contribution < 1.29 is 9.59 Å². The molecule has 1 saturated carbocycles. The Morgan fingerprint density at radius 3 is 2.60 bits per heavy atom. The minimum atomic E-state index is -0.337. The summed E-state index contributed by atoms with van der Waals surface area (Å²) >= 11 is 0. The van der Waals surface area contributed by atoms with Crippen LogP contribution in [-0.2, 0) is 4.79 Å². The van der Waals surface area contributed by atoms with Gasteiger partial charge in [-0.1, -0.05) is 6.07 Å². The lowest BCUT2D eigenvalue weighted by Crippen LogP contribution is -2.48. The van der Waals surface area contributed by atoms with Crippen LogP contribution in [0.1, 0.15) is 41.6 Å². The summed E-state index contributed by atoms with van der Waals surface area (Å²) in [5.74, 6) is -0.265. The van der Waals surface area contributed by atoms with Gasteiger partial charge in [0.15, 0.2) is 0 Å². The largest absolute Gasteiger partial charge is 0.355 e. The standard InChI is InChI=1S/C15H21N3O2/c1-10-4-5-11(14(20)17-2)8-12(10)18-13(19)9-15(16)6-3-7-15/h4-5,8H,3,6-7,9,16H2,1-2H3,(H,17,20)(H,18,19). The molecule has 1 aliphatic rings. The Kier molecular flexibility index (Phi) is 4.09. The van der Waals surface area contributed by atoms with Gasteiger partial charge in [0, 0.05) is 30.3 Å². The Bertz CT molecular complexity index is 536. The molecule has 5 heteroatoms. The van der Waals surface area contributed by atoms with Crippen molar-refractivity contribution in [2.24, 2.45) is 5.73 Å². The molecule has 20 heavy (non-hydrogen) atoms. The van der Waals surface area contributed by atoms with Crippen LogP contribution in [0.15, 0.2) is 18.2 Å². The lowest BCUT2D eigenvalue weighted by molar-refractivity contribution is -0.118. The minimum Gasteiger partial charge on any atom is -0.355 e. The molecular weight excluding hydrogens is 254 g/mol. The van der Waals surface area contributed by atoms with E-state index >= 15 is 0 Å². The van der Waals surface area contributed by atoms with Crippen LogP contribution in [0.4, 0.5) is 5.69 Å². The molecule has 0 aromatic heterocycles. The van der Waals surface area contributed by atoms with E-state index in [1.807, 2.05) is 13.0 Å². The number of hydrogen-bond donors (Lipinski definition) is 3. The molecule has 0 saturated heterocycles. The van der Waals surface area contributed by atoms with Crippen molar-refractivity contribution >= 4 is 17.5 Å². The summed E-state index contributed by atoms with van der Waals surface area (Å²) in [4.78, 5) is 23.6. The highest BCUT2D eigenvalue weighted by molar-refractivity contribution is 5.97. The Labute approximate surface area is 118 Å². The third kappa shape index (κ3) is 3.17. The number of carbonyl (C=O) groups excluding carboxylic acids is 2. The van der Waals surface area contributed by atoms with Gasteiger partial charge in [0.1, 0.15) is 0 Å². The van der Waals surface area contributed by atoms with E-state index in [0.29, 0.717) is 17.7 Å². The maximum absolute atomic E-state index is 12.0. The highest BCUT2D eigenvalue weighted by Gasteiger charge is 2.34. The number of rotatable bonds is 4. The Hall–Kier alpha value is -1.88. The zero-order valence-corrected chi connectivity index (χ0v) is 12.0. The average Bonchev–Trinajstić information content (AvgIpc) is 2.38. The van der Waals surface area contributed by atoms with Gasteiger partial charge in [0.2, 0.25) is 5.91 Å². The molecule has 1 aliphatic carbocycles. The van der Waals surface area contributed by atoms with Gasteiger partial charge < -0.3 is 16.4 Å². The van der Waals surface area contributed by atoms with Gasteiger partial charge in [-0.05, 0) is 43.9 Å². The van der Waals surface area contributed by atoms with Gasteiger partial charge >= 0.3 is 0 Å². The van der Waals surface area contributed by atoms with Gasteiger partial charge in [-0.2, -0.15) is 0 Å². The summed E-state index contributed by atoms with van der Waals surface area (Å²) in [6.45, 7) is 1.89. The van der Waals surface area contributed by atoms with E-state index < -0.39 is 0 Å². The molecule has 2 rings (SSSR count). The van der Waals surface area contributed by atoms with E-state index in [9.17, 15) is 9.59 Å². The zero-order chi connectivity index (χ0) is 14.8. The first-order valence-electron chi connectivity index (χ1n) is 6.85. The smallest absolute Gasteiger partial charge is 0.251 e. The molecule has 0 radical (unpaired) electrons. The number of nitrogens with two attached hydrogens (primary N) is 1. The van der Waals surface area contributed by atoms with Crippen LogP contribution >= 0.6 is 0 Å². The molecule has 0 unspecified atom stereocenters. The molecule has 0 bridgehead atoms. The van der Waals surface area contributed by atoms with Crippen LogP contribution in [0.3, 0.4) is 0 Å². The van der Waals surface area contributed by atoms with Crippen LogP contribution in [0.5, 0.6) is 0 Å². The molecule has 2 amide bonds. The first kappa shape index (κ1) is 14.5. The first-order valence-corrected chi connectivity index (χ1v) is 6.85. The number of carbonyl (C=O) groups is 2. The summed E-state index contributed by atoms with van der Waals surface area (Å²) in [5, 5.41) is 5.42. The summed E-state index contributed by atoms with van der Waals surface area (Å²) in [6, 6.07) is 5.25. The van der Waals surface area contributed by atoms with Gasteiger partial charge in [-0.15, -0.1) is 0 Å². The predicted molar refractivity (Wildman–Crippen MR) is 78.6 cm³/mol. The molecule has 1 aromatic carbocycles. The summed E-state index contributed by atoms with van der Waals surface area (Å²) in [5.41, 5.74) is 7.85. The Balaban J connectivity index is 2.07. The van der Waals surface area contributed by atoms with E-state index in [4.69, 9.17) is 5.73 Å². The van der Waals surface area contributed by atoms with Crippen molar-refractivity contribution in [3.63, 3.8) is 0 Å². The summed E-state index contributed by atoms with van der Waals surface area (Å²) in [6.07, 6.45) is 3.22. The molecule has 1 aromatic rings. The summed E-state index contributed by atoms with van der Waals surface area (Å²) < 4.78 is 0. The maximum atomic E-state index is 12.0. The van der Waals surface area contributed by atoms with E-state index in [-0.39, 0.29) is 17.4 Å². The lowest BCUT2D eigenvalue weighted by atomic mass is 9.75. The van der Waals surface area contributed by atoms with E-state index in [0.717, 1.165) is 24.8 Å². The van der Waals surface area contributed by atoms with Crippen molar-refractivity contribution in [3.8, 4) is 0 Å². The Morgan fingerprint density at radius 1 is 1.35 bits per heavy atom. The monoisotopic (exact) mass is 275 g/mol. The van der Waals surface area contributed by atoms with E-state index in [2.05, 4.69) is 10.6 Å². The van der Waals surface area contributed by atoms with Crippen LogP contribution in [0.2, 0.25) is 0 Å². The van der Waals surface area contributed by atoms with Crippen molar-refractivity contribution in [1.29, 1.82) is 0 Å². The zero-order valence-electron chi connectivity index (χ0n) is 12.0. The second kappa shape index (κ2) is 5.63. The van der Waals surface area contributed by atoms with E-state index in [1.54, 1.807) is 19.2 Å². The fraction of sp³-hybridized carbons (Fsp3) is 0.467. The molecular formula is C15H21N3O2. The SMILES string of the molecule is CNC(=O)c1ccc(C)c(NC(=O)CC2(N)CCC2)c1. The second-order valence-electron chi connectivity index (χ2n) is 5.55. The van der Waals surface area contributed by atoms with Crippen LogP contribution in [0.25, 0.3) is 0 Å². The first-order chi connectivity index (χ1) is 9.43. The van der Waals surface area contributed by atoms with Gasteiger partial charge in [-0.25, -0.2) is 0 Å². The molecule has 0 heterocycles. The topological polar surface area (TPSA) is 84.2 Å². The van der Waals surface area contributed by atoms with Crippen molar-refractivity contribution in [3.05, 3.63) is 29.3 Å². The molecule has 0 atom stereocenters. The molecule has 4 N–H and O–H groups in total. The fourth-order valence-corrected chi connectivity index (χ4v) is 2.36. The minimum absolute atomic E-state index is 0.0932. The summed E-state index contributed by atoms with van der Waals surface area (Å²) in [7, 11) is 1.58. The molecule has 108 valence electrons. The van der Waals surface area contributed by atoms with Gasteiger partial charge in [0.25, 0.3) is 5.91 Å². The number of benzene rings is 1. The third-order valence-corrected chi connectivity index (χ3v) is 3.86. The average molecular weight is 275 g/mol. The normalized spacial score (nSPS) is 16.1. The highest BCUT2D eigenvalue weighted by atomic mass is 16.2. The van der Waals surface area contributed by atoms with Crippen LogP contribution < -0.4 is 16.4 Å². The van der Waals surface area contributed by atoms with E-state index in [1.165, 1.54) is 0 Å². The van der Waals surface area contributed by atoms with Crippen molar-refractivity contribution in [2.75, 3.05) is 12.4 Å². The number of anilines is 1. The predicted octanol–water partition coefficient (Wildman–Crippen LogP) is 1.56. The second-order valence-corrected chi connectivity index (χ2v) is 5.55. The van der Waals surface area contributed by atoms with Crippen LogP contribution in [0, 0.1) is 6.92 Å². The molecule has 1 fully saturated rings. The van der Waals surface area contributed by atoms with Gasteiger partial charge in [0.05, 0.1) is 0 Å². The van der Waals surface area contributed by atoms with Crippen molar-refractivity contribution in [2.45, 2.75) is 38.1 Å². The highest BCUT2D eigenvalue weighted by Crippen LogP contribution is 2.32. The number of nitrogens with one attached hydrogen (secondary N) is 2. The molecule has 5 nitrogen and oxygen atoms in total.